The molecule has 0 N–H and O–H groups in total. The highest BCUT2D eigenvalue weighted by Crippen LogP contribution is 2.37. The zero-order chi connectivity index (χ0) is 14.3. The minimum Gasteiger partial charge on any atom is -0.416 e. The number of alkyl halides is 1. The highest BCUT2D eigenvalue weighted by atomic mass is 35.5. The SMILES string of the molecule is CC(=O)Oc1cc2c(s1)CCN(C(Cl)C(=O)C1CC1)C2. The molecule has 1 aliphatic carbocycles. The number of Topliss-reactive ketones (excluding diaryl/α,β-unsaturated/α-hetero) is 1. The second-order valence-corrected chi connectivity index (χ2v) is 6.85. The number of rotatable bonds is 4. The molecule has 0 radical (unpaired) electrons. The Bertz CT molecular complexity index is 553. The first-order valence-electron chi connectivity index (χ1n) is 6.76. The average molecular weight is 314 g/mol. The zero-order valence-electron chi connectivity index (χ0n) is 11.2. The molecule has 2 aliphatic rings. The number of carbonyl (C=O) groups excluding carboxylic acids is 2. The minimum absolute atomic E-state index is 0.158. The molecule has 20 heavy (non-hydrogen) atoms. The highest BCUT2D eigenvalue weighted by Gasteiger charge is 2.37. The van der Waals surface area contributed by atoms with Gasteiger partial charge in [0, 0.05) is 30.8 Å². The van der Waals surface area contributed by atoms with E-state index in [-0.39, 0.29) is 17.7 Å². The summed E-state index contributed by atoms with van der Waals surface area (Å²) in [7, 11) is 0. The molecule has 1 atom stereocenters. The van der Waals surface area contributed by atoms with Gasteiger partial charge in [-0.05, 0) is 30.9 Å². The number of hydrogen-bond acceptors (Lipinski definition) is 5. The van der Waals surface area contributed by atoms with Crippen molar-refractivity contribution in [3.63, 3.8) is 0 Å². The Morgan fingerprint density at radius 3 is 2.90 bits per heavy atom. The predicted octanol–water partition coefficient (Wildman–Crippen LogP) is 2.58. The molecular weight excluding hydrogens is 298 g/mol. The first-order valence-corrected chi connectivity index (χ1v) is 8.01. The third-order valence-electron chi connectivity index (χ3n) is 3.65. The van der Waals surface area contributed by atoms with Crippen LogP contribution in [0.15, 0.2) is 6.07 Å². The molecule has 2 heterocycles. The molecular formula is C14H16ClNO3S. The molecule has 108 valence electrons. The largest absolute Gasteiger partial charge is 0.416 e. The van der Waals surface area contributed by atoms with E-state index >= 15 is 0 Å². The van der Waals surface area contributed by atoms with Crippen LogP contribution in [0.2, 0.25) is 0 Å². The average Bonchev–Trinajstić information content (AvgIpc) is 3.16. The van der Waals surface area contributed by atoms with Crippen LogP contribution in [0.4, 0.5) is 0 Å². The zero-order valence-corrected chi connectivity index (χ0v) is 12.8. The van der Waals surface area contributed by atoms with Crippen molar-refractivity contribution in [3.05, 3.63) is 16.5 Å². The van der Waals surface area contributed by atoms with E-state index in [4.69, 9.17) is 16.3 Å². The fourth-order valence-corrected chi connectivity index (χ4v) is 3.85. The molecule has 0 aromatic carbocycles. The van der Waals surface area contributed by atoms with E-state index in [1.807, 2.05) is 11.0 Å². The van der Waals surface area contributed by atoms with Gasteiger partial charge < -0.3 is 4.74 Å². The van der Waals surface area contributed by atoms with Gasteiger partial charge in [-0.15, -0.1) is 11.3 Å². The summed E-state index contributed by atoms with van der Waals surface area (Å²) in [6.45, 7) is 2.83. The lowest BCUT2D eigenvalue weighted by Gasteiger charge is -2.29. The van der Waals surface area contributed by atoms with Crippen LogP contribution in [0, 0.1) is 5.92 Å². The molecule has 1 aliphatic heterocycles. The summed E-state index contributed by atoms with van der Waals surface area (Å²) in [6.07, 6.45) is 2.81. The molecule has 1 saturated carbocycles. The Morgan fingerprint density at radius 2 is 2.25 bits per heavy atom. The second kappa shape index (κ2) is 5.47. The van der Waals surface area contributed by atoms with Crippen molar-refractivity contribution in [3.8, 4) is 5.06 Å². The minimum atomic E-state index is -0.521. The van der Waals surface area contributed by atoms with Crippen LogP contribution in [0.3, 0.4) is 0 Å². The Hall–Kier alpha value is -0.910. The van der Waals surface area contributed by atoms with E-state index in [9.17, 15) is 9.59 Å². The number of ketones is 1. The molecule has 3 rings (SSSR count). The number of nitrogens with zero attached hydrogens (tertiary/aromatic N) is 1. The first kappa shape index (κ1) is 14.0. The first-order chi connectivity index (χ1) is 9.54. The third kappa shape index (κ3) is 2.90. The van der Waals surface area contributed by atoms with E-state index in [2.05, 4.69) is 0 Å². The van der Waals surface area contributed by atoms with Crippen molar-refractivity contribution in [2.24, 2.45) is 5.92 Å². The monoisotopic (exact) mass is 313 g/mol. The number of halogens is 1. The lowest BCUT2D eigenvalue weighted by Crippen LogP contribution is -2.40. The molecule has 1 aromatic rings. The molecule has 6 heteroatoms. The van der Waals surface area contributed by atoms with Crippen molar-refractivity contribution < 1.29 is 14.3 Å². The second-order valence-electron chi connectivity index (χ2n) is 5.34. The fraction of sp³-hybridized carbons (Fsp3) is 0.571. The highest BCUT2D eigenvalue weighted by molar-refractivity contribution is 7.14. The number of carbonyl (C=O) groups is 2. The van der Waals surface area contributed by atoms with Gasteiger partial charge in [-0.3, -0.25) is 14.5 Å². The van der Waals surface area contributed by atoms with Crippen LogP contribution in [-0.4, -0.2) is 28.7 Å². The predicted molar refractivity (Wildman–Crippen MR) is 77.1 cm³/mol. The summed E-state index contributed by atoms with van der Waals surface area (Å²) < 4.78 is 5.12. The maximum absolute atomic E-state index is 12.0. The van der Waals surface area contributed by atoms with E-state index in [0.29, 0.717) is 11.6 Å². The number of fused-ring (bicyclic) bond motifs is 1. The molecule has 0 saturated heterocycles. The van der Waals surface area contributed by atoms with Gasteiger partial charge in [-0.1, -0.05) is 11.6 Å². The summed E-state index contributed by atoms with van der Waals surface area (Å²) in [5.41, 5.74) is 0.597. The Balaban J connectivity index is 1.69. The Labute approximate surface area is 126 Å². The van der Waals surface area contributed by atoms with Gasteiger partial charge in [-0.2, -0.15) is 0 Å². The lowest BCUT2D eigenvalue weighted by molar-refractivity contribution is -0.131. The third-order valence-corrected chi connectivity index (χ3v) is 5.26. The number of esters is 1. The van der Waals surface area contributed by atoms with Gasteiger partial charge in [0.1, 0.15) is 5.50 Å². The molecule has 0 amide bonds. The van der Waals surface area contributed by atoms with Crippen molar-refractivity contribution in [1.29, 1.82) is 0 Å². The molecule has 0 spiro atoms. The summed E-state index contributed by atoms with van der Waals surface area (Å²) in [5.74, 6) is 0.0307. The summed E-state index contributed by atoms with van der Waals surface area (Å²) in [6, 6.07) is 1.89. The molecule has 1 unspecified atom stereocenters. The summed E-state index contributed by atoms with van der Waals surface area (Å²) in [4.78, 5) is 26.2. The lowest BCUT2D eigenvalue weighted by atomic mass is 10.1. The topological polar surface area (TPSA) is 46.6 Å². The maximum atomic E-state index is 12.0. The van der Waals surface area contributed by atoms with Gasteiger partial charge in [0.15, 0.2) is 10.8 Å². The van der Waals surface area contributed by atoms with Crippen molar-refractivity contribution in [2.45, 2.75) is 38.2 Å². The fourth-order valence-electron chi connectivity index (χ4n) is 2.46. The smallest absolute Gasteiger partial charge is 0.308 e. The molecule has 0 bridgehead atoms. The van der Waals surface area contributed by atoms with E-state index < -0.39 is 5.50 Å². The van der Waals surface area contributed by atoms with Gasteiger partial charge in [0.25, 0.3) is 0 Å². The van der Waals surface area contributed by atoms with Crippen LogP contribution in [-0.2, 0) is 22.6 Å². The van der Waals surface area contributed by atoms with Gasteiger partial charge in [-0.25, -0.2) is 0 Å². The quantitative estimate of drug-likeness (QED) is 0.487. The van der Waals surface area contributed by atoms with Crippen LogP contribution in [0.5, 0.6) is 5.06 Å². The number of ether oxygens (including phenoxy) is 1. The van der Waals surface area contributed by atoms with Gasteiger partial charge in [0.05, 0.1) is 0 Å². The van der Waals surface area contributed by atoms with Gasteiger partial charge in [0.2, 0.25) is 0 Å². The standard InChI is InChI=1S/C14H16ClNO3S/c1-8(17)19-12-6-10-7-16(5-4-11(10)20-12)14(15)13(18)9-2-3-9/h6,9,14H,2-5,7H2,1H3. The Morgan fingerprint density at radius 1 is 1.50 bits per heavy atom. The van der Waals surface area contributed by atoms with Crippen molar-refractivity contribution >= 4 is 34.7 Å². The molecule has 4 nitrogen and oxygen atoms in total. The van der Waals surface area contributed by atoms with Crippen LogP contribution < -0.4 is 4.74 Å². The normalized spacial score (nSPS) is 20.3. The van der Waals surface area contributed by atoms with Crippen LogP contribution in [0.25, 0.3) is 0 Å². The van der Waals surface area contributed by atoms with Crippen molar-refractivity contribution in [1.82, 2.24) is 4.90 Å². The van der Waals surface area contributed by atoms with E-state index in [1.54, 1.807) is 0 Å². The number of hydrogen-bond donors (Lipinski definition) is 0. The van der Waals surface area contributed by atoms with E-state index in [1.165, 1.54) is 23.1 Å². The van der Waals surface area contributed by atoms with E-state index in [0.717, 1.165) is 31.4 Å². The van der Waals surface area contributed by atoms with Gasteiger partial charge >= 0.3 is 5.97 Å². The summed E-state index contributed by atoms with van der Waals surface area (Å²) >= 11 is 7.80. The Kier molecular flexibility index (Phi) is 3.84. The molecule has 1 fully saturated rings. The molecule has 1 aromatic heterocycles. The van der Waals surface area contributed by atoms with Crippen LogP contribution >= 0.6 is 22.9 Å². The summed E-state index contributed by atoms with van der Waals surface area (Å²) in [5, 5.41) is 0.629. The number of thiophene rings is 1. The van der Waals surface area contributed by atoms with Crippen molar-refractivity contribution in [2.75, 3.05) is 6.54 Å². The maximum Gasteiger partial charge on any atom is 0.308 e. The van der Waals surface area contributed by atoms with Crippen LogP contribution in [0.1, 0.15) is 30.2 Å².